The van der Waals surface area contributed by atoms with Crippen LogP contribution < -0.4 is 26.2 Å². The molecule has 3 rings (SSSR count). The number of anilines is 2. The second-order valence-corrected chi connectivity index (χ2v) is 7.19. The molecule has 156 valence electrons. The molecule has 0 spiro atoms. The van der Waals surface area contributed by atoms with E-state index in [0.717, 1.165) is 10.2 Å². The predicted molar refractivity (Wildman–Crippen MR) is 115 cm³/mol. The number of thioether (sulfide) groups is 1. The summed E-state index contributed by atoms with van der Waals surface area (Å²) in [5.74, 6) is 7.55. The first kappa shape index (κ1) is 21.2. The van der Waals surface area contributed by atoms with Crippen molar-refractivity contribution in [3.63, 3.8) is 0 Å². The summed E-state index contributed by atoms with van der Waals surface area (Å²) in [5, 5.41) is 11.1. The number of nitrogens with one attached hydrogen (secondary N) is 1. The van der Waals surface area contributed by atoms with Gasteiger partial charge < -0.3 is 20.6 Å². The standard InChI is InChI=1S/C20H21N5O4S/c1-12(26)14-5-4-6-15(10-14)22-18-19(27)25(21)20(24-23-18)30-11-13-7-8-16(28-2)17(9-13)29-3/h4-10H,11,21H2,1-3H3,(H,22,23). The summed E-state index contributed by atoms with van der Waals surface area (Å²) < 4.78 is 11.5. The van der Waals surface area contributed by atoms with Crippen molar-refractivity contribution < 1.29 is 14.3 Å². The van der Waals surface area contributed by atoms with Gasteiger partial charge >= 0.3 is 5.56 Å². The third-order valence-electron chi connectivity index (χ3n) is 4.21. The second-order valence-electron chi connectivity index (χ2n) is 6.25. The van der Waals surface area contributed by atoms with Gasteiger partial charge in [0, 0.05) is 17.0 Å². The van der Waals surface area contributed by atoms with Gasteiger partial charge in [0.15, 0.2) is 17.3 Å². The summed E-state index contributed by atoms with van der Waals surface area (Å²) in [5.41, 5.74) is 1.46. The Balaban J connectivity index is 1.76. The number of nitrogens with two attached hydrogens (primary N) is 1. The van der Waals surface area contributed by atoms with Crippen molar-refractivity contribution >= 4 is 29.1 Å². The molecule has 0 amide bonds. The van der Waals surface area contributed by atoms with Crippen molar-refractivity contribution in [1.29, 1.82) is 0 Å². The minimum absolute atomic E-state index is 0.0336. The molecular formula is C20H21N5O4S. The van der Waals surface area contributed by atoms with Crippen LogP contribution in [0.25, 0.3) is 0 Å². The van der Waals surface area contributed by atoms with E-state index in [2.05, 4.69) is 15.5 Å². The molecule has 0 aliphatic carbocycles. The Labute approximate surface area is 177 Å². The van der Waals surface area contributed by atoms with Crippen LogP contribution >= 0.6 is 11.8 Å². The molecular weight excluding hydrogens is 406 g/mol. The summed E-state index contributed by atoms with van der Waals surface area (Å²) in [7, 11) is 3.14. The number of hydrogen-bond acceptors (Lipinski definition) is 9. The summed E-state index contributed by atoms with van der Waals surface area (Å²) >= 11 is 1.26. The number of rotatable bonds is 8. The molecule has 0 saturated heterocycles. The molecule has 1 heterocycles. The molecule has 1 aromatic heterocycles. The molecule has 0 aliphatic rings. The Kier molecular flexibility index (Phi) is 6.58. The molecule has 0 fully saturated rings. The van der Waals surface area contributed by atoms with Gasteiger partial charge in [-0.2, -0.15) is 4.68 Å². The predicted octanol–water partition coefficient (Wildman–Crippen LogP) is 2.61. The number of carbonyl (C=O) groups is 1. The summed E-state index contributed by atoms with van der Waals surface area (Å²) in [6.07, 6.45) is 0. The zero-order chi connectivity index (χ0) is 21.7. The van der Waals surface area contributed by atoms with Gasteiger partial charge in [0.1, 0.15) is 0 Å². The van der Waals surface area contributed by atoms with Gasteiger partial charge in [0.05, 0.1) is 14.2 Å². The van der Waals surface area contributed by atoms with Crippen molar-refractivity contribution in [2.24, 2.45) is 0 Å². The Hall–Kier alpha value is -3.53. The number of carbonyl (C=O) groups excluding carboxylic acids is 1. The fraction of sp³-hybridized carbons (Fsp3) is 0.200. The van der Waals surface area contributed by atoms with Crippen LogP contribution in [-0.4, -0.2) is 34.9 Å². The lowest BCUT2D eigenvalue weighted by molar-refractivity contribution is 0.101. The third-order valence-corrected chi connectivity index (χ3v) is 5.22. The number of Topliss-reactive ketones (excluding diaryl/α,β-unsaturated/α-hetero) is 1. The summed E-state index contributed by atoms with van der Waals surface area (Å²) in [6, 6.07) is 12.3. The fourth-order valence-electron chi connectivity index (χ4n) is 2.63. The average molecular weight is 427 g/mol. The van der Waals surface area contributed by atoms with Gasteiger partial charge in [0.2, 0.25) is 11.0 Å². The Morgan fingerprint density at radius 3 is 2.60 bits per heavy atom. The van der Waals surface area contributed by atoms with Crippen LogP contribution in [0.1, 0.15) is 22.8 Å². The lowest BCUT2D eigenvalue weighted by Crippen LogP contribution is -2.32. The third kappa shape index (κ3) is 4.71. The highest BCUT2D eigenvalue weighted by Crippen LogP contribution is 2.30. The van der Waals surface area contributed by atoms with E-state index in [1.165, 1.54) is 18.7 Å². The molecule has 0 unspecified atom stereocenters. The molecule has 10 heteroatoms. The van der Waals surface area contributed by atoms with Gasteiger partial charge in [-0.15, -0.1) is 10.2 Å². The Morgan fingerprint density at radius 1 is 1.13 bits per heavy atom. The van der Waals surface area contributed by atoms with Gasteiger partial charge in [-0.05, 0) is 36.8 Å². The van der Waals surface area contributed by atoms with Gasteiger partial charge in [-0.3, -0.25) is 9.59 Å². The van der Waals surface area contributed by atoms with Gasteiger partial charge in [0.25, 0.3) is 0 Å². The summed E-state index contributed by atoms with van der Waals surface area (Å²) in [4.78, 5) is 24.1. The minimum Gasteiger partial charge on any atom is -0.493 e. The van der Waals surface area contributed by atoms with Crippen molar-refractivity contribution in [3.8, 4) is 11.5 Å². The van der Waals surface area contributed by atoms with Crippen LogP contribution in [0.4, 0.5) is 11.5 Å². The molecule has 9 nitrogen and oxygen atoms in total. The van der Waals surface area contributed by atoms with E-state index in [1.807, 2.05) is 12.1 Å². The minimum atomic E-state index is -0.534. The van der Waals surface area contributed by atoms with Crippen LogP contribution in [0.3, 0.4) is 0 Å². The van der Waals surface area contributed by atoms with Gasteiger partial charge in [-0.25, -0.2) is 0 Å². The van der Waals surface area contributed by atoms with E-state index in [0.29, 0.717) is 28.5 Å². The van der Waals surface area contributed by atoms with E-state index in [9.17, 15) is 9.59 Å². The van der Waals surface area contributed by atoms with Crippen LogP contribution in [-0.2, 0) is 5.75 Å². The molecule has 0 radical (unpaired) electrons. The first-order valence-electron chi connectivity index (χ1n) is 8.89. The van der Waals surface area contributed by atoms with E-state index in [-0.39, 0.29) is 16.8 Å². The molecule has 30 heavy (non-hydrogen) atoms. The van der Waals surface area contributed by atoms with Crippen molar-refractivity contribution in [3.05, 3.63) is 63.9 Å². The highest BCUT2D eigenvalue weighted by Gasteiger charge is 2.13. The van der Waals surface area contributed by atoms with E-state index < -0.39 is 5.56 Å². The first-order valence-corrected chi connectivity index (χ1v) is 9.88. The van der Waals surface area contributed by atoms with Crippen molar-refractivity contribution in [1.82, 2.24) is 14.9 Å². The zero-order valence-corrected chi connectivity index (χ0v) is 17.5. The smallest absolute Gasteiger partial charge is 0.315 e. The van der Waals surface area contributed by atoms with E-state index >= 15 is 0 Å². The van der Waals surface area contributed by atoms with Crippen molar-refractivity contribution in [2.75, 3.05) is 25.4 Å². The number of ketones is 1. The molecule has 0 aliphatic heterocycles. The quantitative estimate of drug-likeness (QED) is 0.317. The molecule has 2 aromatic carbocycles. The fourth-order valence-corrected chi connectivity index (χ4v) is 3.43. The normalized spacial score (nSPS) is 10.5. The number of aromatic nitrogens is 3. The molecule has 3 aromatic rings. The summed E-state index contributed by atoms with van der Waals surface area (Å²) in [6.45, 7) is 1.47. The molecule has 0 saturated carbocycles. The number of nitrogen functional groups attached to an aromatic ring is 1. The van der Waals surface area contributed by atoms with Crippen LogP contribution in [0.2, 0.25) is 0 Å². The molecule has 0 bridgehead atoms. The average Bonchev–Trinajstić information content (AvgIpc) is 2.76. The first-order chi connectivity index (χ1) is 14.4. The number of benzene rings is 2. The van der Waals surface area contributed by atoms with E-state index in [4.69, 9.17) is 15.3 Å². The number of hydrogen-bond donors (Lipinski definition) is 2. The second kappa shape index (κ2) is 9.31. The lowest BCUT2D eigenvalue weighted by Gasteiger charge is -2.11. The largest absolute Gasteiger partial charge is 0.493 e. The Morgan fingerprint density at radius 2 is 1.90 bits per heavy atom. The number of nitrogens with zero attached hydrogens (tertiary/aromatic N) is 3. The van der Waals surface area contributed by atoms with Crippen LogP contribution in [0, 0.1) is 0 Å². The number of ether oxygens (including phenoxy) is 2. The zero-order valence-electron chi connectivity index (χ0n) is 16.7. The molecule has 0 atom stereocenters. The van der Waals surface area contributed by atoms with Crippen LogP contribution in [0.15, 0.2) is 52.4 Å². The highest BCUT2D eigenvalue weighted by molar-refractivity contribution is 7.98. The van der Waals surface area contributed by atoms with E-state index in [1.54, 1.807) is 44.6 Å². The SMILES string of the molecule is COc1ccc(CSc2nnc(Nc3cccc(C(C)=O)c3)c(=O)n2N)cc1OC. The van der Waals surface area contributed by atoms with Crippen molar-refractivity contribution in [2.45, 2.75) is 17.8 Å². The Bertz CT molecular complexity index is 1130. The maximum atomic E-state index is 12.6. The maximum Gasteiger partial charge on any atom is 0.315 e. The maximum absolute atomic E-state index is 12.6. The topological polar surface area (TPSA) is 121 Å². The molecule has 3 N–H and O–H groups in total. The monoisotopic (exact) mass is 427 g/mol. The lowest BCUT2D eigenvalue weighted by atomic mass is 10.1. The van der Waals surface area contributed by atoms with Crippen LogP contribution in [0.5, 0.6) is 11.5 Å². The van der Waals surface area contributed by atoms with Gasteiger partial charge in [-0.1, -0.05) is 30.0 Å². The number of methoxy groups -OCH3 is 2. The highest BCUT2D eigenvalue weighted by atomic mass is 32.2.